The van der Waals surface area contributed by atoms with E-state index in [0.717, 1.165) is 0 Å². The Morgan fingerprint density at radius 1 is 1.40 bits per heavy atom. The van der Waals surface area contributed by atoms with Crippen LogP contribution < -0.4 is 0 Å². The van der Waals surface area contributed by atoms with Crippen molar-refractivity contribution in [2.24, 2.45) is 0 Å². The van der Waals surface area contributed by atoms with Gasteiger partial charge in [-0.25, -0.2) is 4.39 Å². The molecule has 0 radical (unpaired) electrons. The highest BCUT2D eigenvalue weighted by Crippen LogP contribution is 2.09. The lowest BCUT2D eigenvalue weighted by Gasteiger charge is -2.12. The molecule has 0 fully saturated rings. The number of benzene rings is 1. The molecule has 0 aliphatic carbocycles. The van der Waals surface area contributed by atoms with Gasteiger partial charge < -0.3 is 5.11 Å². The van der Waals surface area contributed by atoms with E-state index in [-0.39, 0.29) is 6.42 Å². The van der Waals surface area contributed by atoms with E-state index in [0.29, 0.717) is 5.56 Å². The summed E-state index contributed by atoms with van der Waals surface area (Å²) in [5.74, 6) is 0. The molecule has 1 N–H and O–H groups in total. The number of rotatable bonds is 5. The van der Waals surface area contributed by atoms with E-state index >= 15 is 0 Å². The summed E-state index contributed by atoms with van der Waals surface area (Å²) < 4.78 is 12.1. The maximum atomic E-state index is 12.1. The zero-order valence-corrected chi connectivity index (χ0v) is 8.04. The second-order valence-corrected chi connectivity index (χ2v) is 3.26. The average Bonchev–Trinajstić information content (AvgIpc) is 2.26. The van der Waals surface area contributed by atoms with Crippen LogP contribution in [0.4, 0.5) is 4.39 Å². The van der Waals surface area contributed by atoms with E-state index in [2.05, 4.69) is 0 Å². The van der Waals surface area contributed by atoms with E-state index in [1.54, 1.807) is 30.3 Å². The van der Waals surface area contributed by atoms with Crippen LogP contribution in [0.5, 0.6) is 0 Å². The molecule has 82 valence electrons. The van der Waals surface area contributed by atoms with Gasteiger partial charge in [-0.15, -0.1) is 0 Å². The molecule has 1 aromatic rings. The summed E-state index contributed by atoms with van der Waals surface area (Å²) in [6, 6.07) is 7.42. The molecule has 1 aromatic carbocycles. The van der Waals surface area contributed by atoms with E-state index in [9.17, 15) is 14.5 Å². The SMILES string of the molecule is O=[N+]([O-])[C@@H](Cc1ccccc1)[C@H](O)CF. The second-order valence-electron chi connectivity index (χ2n) is 3.26. The molecule has 0 saturated heterocycles. The summed E-state index contributed by atoms with van der Waals surface area (Å²) >= 11 is 0. The van der Waals surface area contributed by atoms with Gasteiger partial charge in [-0.1, -0.05) is 30.3 Å². The minimum absolute atomic E-state index is 0.0406. The molecular weight excluding hydrogens is 201 g/mol. The van der Waals surface area contributed by atoms with E-state index in [1.807, 2.05) is 0 Å². The molecule has 0 saturated carbocycles. The summed E-state index contributed by atoms with van der Waals surface area (Å²) in [7, 11) is 0. The fraction of sp³-hybridized carbons (Fsp3) is 0.400. The third kappa shape index (κ3) is 3.28. The number of nitro groups is 1. The minimum atomic E-state index is -1.54. The lowest BCUT2D eigenvalue weighted by molar-refractivity contribution is -0.534. The molecule has 15 heavy (non-hydrogen) atoms. The number of aliphatic hydroxyl groups is 1. The van der Waals surface area contributed by atoms with Crippen LogP contribution in [0, 0.1) is 10.1 Å². The molecule has 0 aliphatic rings. The molecule has 0 spiro atoms. The smallest absolute Gasteiger partial charge is 0.245 e. The lowest BCUT2D eigenvalue weighted by atomic mass is 10.0. The Balaban J connectivity index is 2.71. The van der Waals surface area contributed by atoms with Crippen LogP contribution in [0.1, 0.15) is 5.56 Å². The van der Waals surface area contributed by atoms with Crippen LogP contribution in [-0.2, 0) is 6.42 Å². The van der Waals surface area contributed by atoms with Crippen LogP contribution in [0.25, 0.3) is 0 Å². The van der Waals surface area contributed by atoms with Gasteiger partial charge in [-0.2, -0.15) is 0 Å². The summed E-state index contributed by atoms with van der Waals surface area (Å²) in [4.78, 5) is 9.94. The van der Waals surface area contributed by atoms with Crippen molar-refractivity contribution in [1.82, 2.24) is 0 Å². The van der Waals surface area contributed by atoms with Crippen LogP contribution in [-0.4, -0.2) is 28.9 Å². The lowest BCUT2D eigenvalue weighted by Crippen LogP contribution is -2.37. The second kappa shape index (κ2) is 5.41. The normalized spacial score (nSPS) is 14.5. The Labute approximate surface area is 86.5 Å². The summed E-state index contributed by atoms with van der Waals surface area (Å²) in [5, 5.41) is 19.7. The molecular formula is C10H12FNO3. The molecule has 4 nitrogen and oxygen atoms in total. The van der Waals surface area contributed by atoms with Crippen LogP contribution in [0.2, 0.25) is 0 Å². The first kappa shape index (κ1) is 11.6. The standard InChI is InChI=1S/C10H12FNO3/c11-7-10(13)9(12(14)15)6-8-4-2-1-3-5-8/h1-5,9-10,13H,6-7H2/t9-,10+/m0/s1. The average molecular weight is 213 g/mol. The molecule has 0 heterocycles. The highest BCUT2D eigenvalue weighted by Gasteiger charge is 2.29. The minimum Gasteiger partial charge on any atom is -0.383 e. The molecule has 0 aliphatic heterocycles. The summed E-state index contributed by atoms with van der Waals surface area (Å²) in [6.07, 6.45) is -1.50. The highest BCUT2D eigenvalue weighted by atomic mass is 19.1. The zero-order chi connectivity index (χ0) is 11.3. The topological polar surface area (TPSA) is 63.4 Å². The first-order valence-corrected chi connectivity index (χ1v) is 4.56. The van der Waals surface area contributed by atoms with Gasteiger partial charge in [-0.05, 0) is 5.56 Å². The number of halogens is 1. The molecule has 1 rings (SSSR count). The molecule has 0 bridgehead atoms. The van der Waals surface area contributed by atoms with Gasteiger partial charge >= 0.3 is 0 Å². The number of aliphatic hydroxyl groups excluding tert-OH is 1. The molecule has 0 amide bonds. The van der Waals surface area contributed by atoms with Gasteiger partial charge in [0.05, 0.1) is 0 Å². The first-order valence-electron chi connectivity index (χ1n) is 4.56. The van der Waals surface area contributed by atoms with Crippen molar-refractivity contribution in [2.45, 2.75) is 18.6 Å². The fourth-order valence-electron chi connectivity index (χ4n) is 1.31. The van der Waals surface area contributed by atoms with Crippen molar-refractivity contribution in [2.75, 3.05) is 6.67 Å². The van der Waals surface area contributed by atoms with Crippen molar-refractivity contribution in [3.63, 3.8) is 0 Å². The Bertz CT molecular complexity index is 318. The fourth-order valence-corrected chi connectivity index (χ4v) is 1.31. The first-order chi connectivity index (χ1) is 7.15. The van der Waals surface area contributed by atoms with E-state index in [4.69, 9.17) is 5.11 Å². The predicted molar refractivity (Wildman–Crippen MR) is 52.9 cm³/mol. The zero-order valence-electron chi connectivity index (χ0n) is 8.04. The molecule has 0 unspecified atom stereocenters. The van der Waals surface area contributed by atoms with E-state index < -0.39 is 23.7 Å². The number of nitrogens with zero attached hydrogens (tertiary/aromatic N) is 1. The Morgan fingerprint density at radius 2 is 2.00 bits per heavy atom. The van der Waals surface area contributed by atoms with Gasteiger partial charge in [0, 0.05) is 11.3 Å². The van der Waals surface area contributed by atoms with Crippen molar-refractivity contribution in [3.05, 3.63) is 46.0 Å². The quantitative estimate of drug-likeness (QED) is 0.590. The van der Waals surface area contributed by atoms with Crippen molar-refractivity contribution in [3.8, 4) is 0 Å². The van der Waals surface area contributed by atoms with E-state index in [1.165, 1.54) is 0 Å². The molecule has 5 heteroatoms. The third-order valence-corrected chi connectivity index (χ3v) is 2.16. The van der Waals surface area contributed by atoms with Gasteiger partial charge in [0.15, 0.2) is 0 Å². The molecule has 0 aromatic heterocycles. The van der Waals surface area contributed by atoms with Gasteiger partial charge in [0.1, 0.15) is 12.8 Å². The maximum absolute atomic E-state index is 12.1. The van der Waals surface area contributed by atoms with Gasteiger partial charge in [-0.3, -0.25) is 10.1 Å². The van der Waals surface area contributed by atoms with Crippen LogP contribution in [0.3, 0.4) is 0 Å². The summed E-state index contributed by atoms with van der Waals surface area (Å²) in [5.41, 5.74) is 0.715. The van der Waals surface area contributed by atoms with Crippen molar-refractivity contribution < 1.29 is 14.4 Å². The van der Waals surface area contributed by atoms with Crippen molar-refractivity contribution in [1.29, 1.82) is 0 Å². The number of hydrogen-bond acceptors (Lipinski definition) is 3. The Hall–Kier alpha value is -1.49. The third-order valence-electron chi connectivity index (χ3n) is 2.16. The Kier molecular flexibility index (Phi) is 4.17. The number of hydrogen-bond donors (Lipinski definition) is 1. The van der Waals surface area contributed by atoms with Crippen LogP contribution >= 0.6 is 0 Å². The van der Waals surface area contributed by atoms with Gasteiger partial charge in [0.2, 0.25) is 6.04 Å². The molecule has 2 atom stereocenters. The monoisotopic (exact) mass is 213 g/mol. The Morgan fingerprint density at radius 3 is 2.47 bits per heavy atom. The summed E-state index contributed by atoms with van der Waals surface area (Å²) in [6.45, 7) is -1.10. The van der Waals surface area contributed by atoms with Crippen LogP contribution in [0.15, 0.2) is 30.3 Å². The predicted octanol–water partition coefficient (Wildman–Crippen LogP) is 1.20. The van der Waals surface area contributed by atoms with Gasteiger partial charge in [0.25, 0.3) is 0 Å². The largest absolute Gasteiger partial charge is 0.383 e. The highest BCUT2D eigenvalue weighted by molar-refractivity contribution is 5.15. The van der Waals surface area contributed by atoms with Crippen molar-refractivity contribution >= 4 is 0 Å². The maximum Gasteiger partial charge on any atom is 0.245 e. The number of alkyl halides is 1.